The van der Waals surface area contributed by atoms with Crippen LogP contribution in [0.25, 0.3) is 0 Å². The second-order valence-electron chi connectivity index (χ2n) is 3.43. The number of anilines is 2. The first-order valence-electron chi connectivity index (χ1n) is 4.97. The van der Waals surface area contributed by atoms with E-state index in [4.69, 9.17) is 19.8 Å². The van der Waals surface area contributed by atoms with Gasteiger partial charge in [0.15, 0.2) is 5.75 Å². The van der Waals surface area contributed by atoms with Gasteiger partial charge in [0.25, 0.3) is 0 Å². The molecule has 1 aromatic rings. The third kappa shape index (κ3) is 2.75. The molecule has 108 valence electrons. The van der Waals surface area contributed by atoms with Crippen LogP contribution in [0.5, 0.6) is 17.2 Å². The maximum Gasteiger partial charge on any atom is 0.501 e. The highest BCUT2D eigenvalue weighted by Crippen LogP contribution is 2.51. The van der Waals surface area contributed by atoms with Gasteiger partial charge in [0.2, 0.25) is 11.5 Å². The third-order valence-corrected chi connectivity index (χ3v) is 2.96. The van der Waals surface area contributed by atoms with Gasteiger partial charge in [-0.05, 0) is 6.07 Å². The average molecular weight is 294 g/mol. The fraction of sp³-hybridized carbons (Fsp3) is 0.333. The topological polar surface area (TPSA) is 152 Å². The number of nitrogens with two attached hydrogens (primary N) is 1. The van der Waals surface area contributed by atoms with Gasteiger partial charge in [-0.3, -0.25) is 0 Å². The first-order chi connectivity index (χ1) is 8.48. The lowest BCUT2D eigenvalue weighted by Crippen LogP contribution is -2.09. The van der Waals surface area contributed by atoms with E-state index in [1.807, 2.05) is 0 Å². The Balaban J connectivity index is 0.00000180. The SMILES string of the molecule is COc1c(N)cc(NCCO)c2c1OS(=O)(=O)O2.O. The van der Waals surface area contributed by atoms with Gasteiger partial charge in [-0.15, -0.1) is 8.42 Å². The number of nitrogen functional groups attached to an aromatic ring is 1. The number of benzene rings is 1. The molecule has 0 bridgehead atoms. The number of hydrogen-bond acceptors (Lipinski definition) is 8. The smallest absolute Gasteiger partial charge is 0.491 e. The van der Waals surface area contributed by atoms with Crippen molar-refractivity contribution in [3.63, 3.8) is 0 Å². The molecule has 0 fully saturated rings. The average Bonchev–Trinajstić information content (AvgIpc) is 2.61. The molecular weight excluding hydrogens is 280 g/mol. The summed E-state index contributed by atoms with van der Waals surface area (Å²) in [6, 6.07) is 1.44. The van der Waals surface area contributed by atoms with E-state index in [9.17, 15) is 8.42 Å². The van der Waals surface area contributed by atoms with Gasteiger partial charge >= 0.3 is 10.4 Å². The van der Waals surface area contributed by atoms with Crippen molar-refractivity contribution in [2.24, 2.45) is 0 Å². The van der Waals surface area contributed by atoms with Crippen LogP contribution in [-0.2, 0) is 10.4 Å². The van der Waals surface area contributed by atoms with Crippen LogP contribution < -0.4 is 24.2 Å². The predicted octanol–water partition coefficient (Wildman–Crippen LogP) is -1.13. The Kier molecular flexibility index (Phi) is 4.29. The van der Waals surface area contributed by atoms with Crippen molar-refractivity contribution in [3.8, 4) is 17.2 Å². The highest BCUT2D eigenvalue weighted by atomic mass is 32.3. The number of hydrogen-bond donors (Lipinski definition) is 3. The minimum Gasteiger partial charge on any atom is -0.491 e. The minimum atomic E-state index is -4.14. The zero-order chi connectivity index (χ0) is 13.3. The molecule has 0 atom stereocenters. The van der Waals surface area contributed by atoms with Crippen molar-refractivity contribution < 1.29 is 32.1 Å². The molecule has 0 spiro atoms. The van der Waals surface area contributed by atoms with Gasteiger partial charge in [0.05, 0.1) is 25.1 Å². The molecule has 1 aliphatic heterocycles. The molecule has 1 heterocycles. The Bertz CT molecular complexity index is 572. The Morgan fingerprint density at radius 3 is 2.63 bits per heavy atom. The summed E-state index contributed by atoms with van der Waals surface area (Å²) >= 11 is 0. The molecular formula is C9H14N2O7S. The third-order valence-electron chi connectivity index (χ3n) is 2.22. The highest BCUT2D eigenvalue weighted by Gasteiger charge is 2.35. The number of aliphatic hydroxyl groups is 1. The standard InChI is InChI=1S/C9H12N2O6S.H2O/c1-15-7-5(10)4-6(11-2-3-12)8-9(7)17-18(13,14)16-8;/h4,11-12H,2-3,10H2,1H3;1H2. The minimum absolute atomic E-state index is 0. The monoisotopic (exact) mass is 294 g/mol. The molecule has 0 amide bonds. The summed E-state index contributed by atoms with van der Waals surface area (Å²) in [5.74, 6) is -0.0481. The molecule has 0 aromatic heterocycles. The van der Waals surface area contributed by atoms with E-state index in [0.29, 0.717) is 5.69 Å². The van der Waals surface area contributed by atoms with Crippen LogP contribution >= 0.6 is 0 Å². The molecule has 1 aromatic carbocycles. The van der Waals surface area contributed by atoms with Crippen LogP contribution in [0.4, 0.5) is 11.4 Å². The van der Waals surface area contributed by atoms with Crippen molar-refractivity contribution in [3.05, 3.63) is 6.07 Å². The molecule has 0 saturated carbocycles. The van der Waals surface area contributed by atoms with Crippen LogP contribution in [0.2, 0.25) is 0 Å². The van der Waals surface area contributed by atoms with E-state index in [1.165, 1.54) is 13.2 Å². The number of ether oxygens (including phenoxy) is 1. The zero-order valence-electron chi connectivity index (χ0n) is 9.97. The zero-order valence-corrected chi connectivity index (χ0v) is 10.8. The van der Waals surface area contributed by atoms with Crippen molar-refractivity contribution in [1.29, 1.82) is 0 Å². The Morgan fingerprint density at radius 1 is 1.42 bits per heavy atom. The molecule has 9 nitrogen and oxygen atoms in total. The van der Waals surface area contributed by atoms with Crippen LogP contribution in [0, 0.1) is 0 Å². The number of rotatable bonds is 4. The summed E-state index contributed by atoms with van der Waals surface area (Å²) < 4.78 is 36.9. The van der Waals surface area contributed by atoms with Gasteiger partial charge in [-0.1, -0.05) is 0 Å². The first kappa shape index (κ1) is 15.1. The number of fused-ring (bicyclic) bond motifs is 1. The van der Waals surface area contributed by atoms with Gasteiger partial charge in [0, 0.05) is 6.54 Å². The highest BCUT2D eigenvalue weighted by molar-refractivity contribution is 7.82. The normalized spacial score (nSPS) is 14.6. The van der Waals surface area contributed by atoms with Gasteiger partial charge < -0.3 is 34.7 Å². The summed E-state index contributed by atoms with van der Waals surface area (Å²) in [4.78, 5) is 0. The van der Waals surface area contributed by atoms with E-state index in [1.54, 1.807) is 0 Å². The fourth-order valence-corrected chi connectivity index (χ4v) is 2.31. The quantitative estimate of drug-likeness (QED) is 0.590. The van der Waals surface area contributed by atoms with Crippen molar-refractivity contribution in [2.45, 2.75) is 0 Å². The lowest BCUT2D eigenvalue weighted by Gasteiger charge is -2.11. The van der Waals surface area contributed by atoms with Crippen LogP contribution in [0.15, 0.2) is 6.07 Å². The summed E-state index contributed by atoms with van der Waals surface area (Å²) in [6.07, 6.45) is 0. The number of nitrogens with one attached hydrogen (secondary N) is 1. The summed E-state index contributed by atoms with van der Waals surface area (Å²) in [5, 5.41) is 11.5. The molecule has 0 unspecified atom stereocenters. The molecule has 0 radical (unpaired) electrons. The first-order valence-corrected chi connectivity index (χ1v) is 6.31. The predicted molar refractivity (Wildman–Crippen MR) is 66.8 cm³/mol. The van der Waals surface area contributed by atoms with Gasteiger partial charge in [0.1, 0.15) is 0 Å². The Labute approximate surface area is 109 Å². The van der Waals surface area contributed by atoms with Gasteiger partial charge in [-0.2, -0.15) is 0 Å². The van der Waals surface area contributed by atoms with Crippen molar-refractivity contribution in [2.75, 3.05) is 31.3 Å². The largest absolute Gasteiger partial charge is 0.501 e. The van der Waals surface area contributed by atoms with Crippen LogP contribution in [-0.4, -0.2) is 39.3 Å². The fourth-order valence-electron chi connectivity index (χ4n) is 1.56. The van der Waals surface area contributed by atoms with E-state index >= 15 is 0 Å². The molecule has 1 aliphatic rings. The molecule has 10 heteroatoms. The number of methoxy groups -OCH3 is 1. The van der Waals surface area contributed by atoms with E-state index < -0.39 is 10.4 Å². The second kappa shape index (κ2) is 5.38. The summed E-state index contributed by atoms with van der Waals surface area (Å²) in [6.45, 7) is 0.0793. The lowest BCUT2D eigenvalue weighted by molar-refractivity contribution is 0.311. The van der Waals surface area contributed by atoms with E-state index in [2.05, 4.69) is 9.50 Å². The van der Waals surface area contributed by atoms with Crippen LogP contribution in [0.3, 0.4) is 0 Å². The Hall–Kier alpha value is -1.91. The second-order valence-corrected chi connectivity index (χ2v) is 4.58. The van der Waals surface area contributed by atoms with Crippen molar-refractivity contribution in [1.82, 2.24) is 0 Å². The molecule has 6 N–H and O–H groups in total. The van der Waals surface area contributed by atoms with Crippen molar-refractivity contribution >= 4 is 21.8 Å². The maximum absolute atomic E-state index is 11.3. The molecule has 2 rings (SSSR count). The molecule has 0 aliphatic carbocycles. The van der Waals surface area contributed by atoms with Gasteiger partial charge in [-0.25, -0.2) is 0 Å². The van der Waals surface area contributed by atoms with E-state index in [-0.39, 0.29) is 41.6 Å². The Morgan fingerprint density at radius 2 is 2.05 bits per heavy atom. The maximum atomic E-state index is 11.3. The molecule has 19 heavy (non-hydrogen) atoms. The summed E-state index contributed by atoms with van der Waals surface area (Å²) in [7, 11) is -2.81. The molecule has 0 saturated heterocycles. The van der Waals surface area contributed by atoms with E-state index in [0.717, 1.165) is 0 Å². The number of aliphatic hydroxyl groups excluding tert-OH is 1. The summed E-state index contributed by atoms with van der Waals surface area (Å²) in [5.41, 5.74) is 6.20. The lowest BCUT2D eigenvalue weighted by atomic mass is 10.2. The van der Waals surface area contributed by atoms with Crippen LogP contribution in [0.1, 0.15) is 0 Å².